The number of methoxy groups -OCH3 is 1. The van der Waals surface area contributed by atoms with E-state index in [1.807, 2.05) is 0 Å². The molecule has 116 valence electrons. The molecule has 1 nitrogen and oxygen atoms in total. The third-order valence-corrected chi connectivity index (χ3v) is 8.05. The first kappa shape index (κ1) is 15.6. The van der Waals surface area contributed by atoms with Gasteiger partial charge in [0.05, 0.1) is 7.11 Å². The van der Waals surface area contributed by atoms with Crippen molar-refractivity contribution in [3.8, 4) is 5.75 Å². The maximum Gasteiger partial charge on any atom is 0.118 e. The molecule has 0 spiro atoms. The van der Waals surface area contributed by atoms with Crippen LogP contribution in [0.2, 0.25) is 0 Å². The van der Waals surface area contributed by atoms with Crippen molar-refractivity contribution in [3.05, 3.63) is 90.5 Å². The molecule has 3 rings (SSSR count). The van der Waals surface area contributed by atoms with Gasteiger partial charge in [0, 0.05) is 0 Å². The summed E-state index contributed by atoms with van der Waals surface area (Å²) in [5, 5.41) is 2.98. The zero-order chi connectivity index (χ0) is 16.1. The Kier molecular flexibility index (Phi) is 4.94. The molecule has 0 aromatic heterocycles. The van der Waals surface area contributed by atoms with Crippen molar-refractivity contribution >= 4 is 19.2 Å². The second-order valence-corrected chi connectivity index (χ2v) is 9.15. The molecule has 0 unspecified atom stereocenters. The lowest BCUT2D eigenvalue weighted by Gasteiger charge is -2.24. The van der Waals surface area contributed by atoms with E-state index in [0.29, 0.717) is 5.54 Å². The first-order valence-electron chi connectivity index (χ1n) is 8.03. The number of ether oxygens (including phenoxy) is 1. The summed E-state index contributed by atoms with van der Waals surface area (Å²) in [7, 11) is 0.376. The largest absolute Gasteiger partial charge is 0.497 e. The van der Waals surface area contributed by atoms with Crippen molar-refractivity contribution in [1.82, 2.24) is 0 Å². The molecule has 0 fully saturated rings. The van der Waals surface area contributed by atoms with Gasteiger partial charge in [-0.05, 0) is 23.2 Å². The highest BCUT2D eigenvalue weighted by Gasteiger charge is 2.24. The zero-order valence-corrected chi connectivity index (χ0v) is 14.8. The Labute approximate surface area is 140 Å². The van der Waals surface area contributed by atoms with Crippen LogP contribution in [0.4, 0.5) is 0 Å². The lowest BCUT2D eigenvalue weighted by atomic mass is 10.1. The molecule has 0 aliphatic carbocycles. The molecular formula is C21H22OSi. The first-order chi connectivity index (χ1) is 11.3. The van der Waals surface area contributed by atoms with Crippen LogP contribution in [0.1, 0.15) is 18.0 Å². The summed E-state index contributed by atoms with van der Waals surface area (Å²) in [6.45, 7) is 2.36. The molecule has 0 bridgehead atoms. The quantitative estimate of drug-likeness (QED) is 0.655. The van der Waals surface area contributed by atoms with Crippen LogP contribution in [-0.2, 0) is 0 Å². The molecule has 0 saturated carbocycles. The monoisotopic (exact) mass is 318 g/mol. The van der Waals surface area contributed by atoms with Crippen LogP contribution >= 0.6 is 0 Å². The highest BCUT2D eigenvalue weighted by Crippen LogP contribution is 2.21. The van der Waals surface area contributed by atoms with E-state index in [0.717, 1.165) is 5.75 Å². The minimum atomic E-state index is -1.34. The van der Waals surface area contributed by atoms with E-state index < -0.39 is 8.80 Å². The van der Waals surface area contributed by atoms with Gasteiger partial charge in [-0.1, -0.05) is 90.1 Å². The Hall–Kier alpha value is -2.32. The molecule has 0 aliphatic heterocycles. The summed E-state index contributed by atoms with van der Waals surface area (Å²) in [6.07, 6.45) is 0. The second-order valence-electron chi connectivity index (χ2n) is 5.86. The van der Waals surface area contributed by atoms with Gasteiger partial charge in [-0.15, -0.1) is 0 Å². The van der Waals surface area contributed by atoms with Crippen LogP contribution in [0, 0.1) is 0 Å². The molecule has 0 heterocycles. The van der Waals surface area contributed by atoms with Crippen molar-refractivity contribution in [2.45, 2.75) is 12.5 Å². The predicted molar refractivity (Wildman–Crippen MR) is 101 cm³/mol. The van der Waals surface area contributed by atoms with E-state index in [1.54, 1.807) is 7.11 Å². The van der Waals surface area contributed by atoms with Crippen molar-refractivity contribution < 1.29 is 4.74 Å². The van der Waals surface area contributed by atoms with Crippen LogP contribution in [-0.4, -0.2) is 15.9 Å². The van der Waals surface area contributed by atoms with Crippen molar-refractivity contribution in [2.75, 3.05) is 7.11 Å². The molecule has 2 heteroatoms. The van der Waals surface area contributed by atoms with Gasteiger partial charge in [0.15, 0.2) is 0 Å². The Morgan fingerprint density at radius 2 is 1.17 bits per heavy atom. The Morgan fingerprint density at radius 1 is 0.696 bits per heavy atom. The van der Waals surface area contributed by atoms with Gasteiger partial charge in [0.2, 0.25) is 0 Å². The molecule has 3 aromatic carbocycles. The minimum Gasteiger partial charge on any atom is -0.497 e. The van der Waals surface area contributed by atoms with Gasteiger partial charge in [-0.3, -0.25) is 0 Å². The molecule has 3 aromatic rings. The van der Waals surface area contributed by atoms with Gasteiger partial charge >= 0.3 is 0 Å². The topological polar surface area (TPSA) is 9.23 Å². The number of hydrogen-bond donors (Lipinski definition) is 0. The van der Waals surface area contributed by atoms with E-state index in [4.69, 9.17) is 4.74 Å². The summed E-state index contributed by atoms with van der Waals surface area (Å²) in [4.78, 5) is 0. The Bertz CT molecular complexity index is 683. The van der Waals surface area contributed by atoms with Crippen molar-refractivity contribution in [1.29, 1.82) is 0 Å². The molecule has 0 N–H and O–H groups in total. The average Bonchev–Trinajstić information content (AvgIpc) is 2.64. The van der Waals surface area contributed by atoms with E-state index in [9.17, 15) is 0 Å². The summed E-state index contributed by atoms with van der Waals surface area (Å²) in [6, 6.07) is 30.5. The minimum absolute atomic E-state index is 0.519. The predicted octanol–water partition coefficient (Wildman–Crippen LogP) is 3.38. The van der Waals surface area contributed by atoms with Gasteiger partial charge < -0.3 is 4.74 Å². The molecule has 23 heavy (non-hydrogen) atoms. The summed E-state index contributed by atoms with van der Waals surface area (Å²) in [5.74, 6) is 0.915. The molecule has 1 atom stereocenters. The van der Waals surface area contributed by atoms with Crippen molar-refractivity contribution in [3.63, 3.8) is 0 Å². The molecular weight excluding hydrogens is 296 g/mol. The summed E-state index contributed by atoms with van der Waals surface area (Å²) < 4.78 is 5.29. The third kappa shape index (κ3) is 3.54. The molecule has 0 saturated heterocycles. The van der Waals surface area contributed by atoms with Crippen LogP contribution in [0.5, 0.6) is 5.75 Å². The average molecular weight is 318 g/mol. The standard InChI is InChI=1S/C21H22OSi/c1-17(18-13-15-19(22-2)16-14-18)23(20-9-5-3-6-10-20)21-11-7-4-8-12-21/h3-17,23H,1-2H3/t17-/m0/s1. The lowest BCUT2D eigenvalue weighted by molar-refractivity contribution is 0.414. The van der Waals surface area contributed by atoms with E-state index in [2.05, 4.69) is 91.9 Å². The normalized spacial score (nSPS) is 12.1. The van der Waals surface area contributed by atoms with Crippen LogP contribution < -0.4 is 15.1 Å². The van der Waals surface area contributed by atoms with Crippen molar-refractivity contribution in [2.24, 2.45) is 0 Å². The lowest BCUT2D eigenvalue weighted by Crippen LogP contribution is -2.46. The van der Waals surface area contributed by atoms with Gasteiger partial charge in [-0.25, -0.2) is 0 Å². The van der Waals surface area contributed by atoms with Crippen LogP contribution in [0.15, 0.2) is 84.9 Å². The molecule has 0 radical (unpaired) electrons. The highest BCUT2D eigenvalue weighted by atomic mass is 28.3. The molecule has 0 aliphatic rings. The van der Waals surface area contributed by atoms with E-state index in [-0.39, 0.29) is 0 Å². The summed E-state index contributed by atoms with van der Waals surface area (Å²) in [5.41, 5.74) is 1.90. The molecule has 0 amide bonds. The van der Waals surface area contributed by atoms with E-state index in [1.165, 1.54) is 15.9 Å². The number of hydrogen-bond acceptors (Lipinski definition) is 1. The van der Waals surface area contributed by atoms with Crippen LogP contribution in [0.3, 0.4) is 0 Å². The first-order valence-corrected chi connectivity index (χ1v) is 9.85. The number of rotatable bonds is 5. The van der Waals surface area contributed by atoms with Crippen LogP contribution in [0.25, 0.3) is 0 Å². The maximum atomic E-state index is 5.29. The van der Waals surface area contributed by atoms with Gasteiger partial charge in [0.1, 0.15) is 14.5 Å². The smallest absolute Gasteiger partial charge is 0.118 e. The SMILES string of the molecule is COc1ccc([C@H](C)[SiH](c2ccccc2)c2ccccc2)cc1. The van der Waals surface area contributed by atoms with Gasteiger partial charge in [0.25, 0.3) is 0 Å². The maximum absolute atomic E-state index is 5.29. The summed E-state index contributed by atoms with van der Waals surface area (Å²) >= 11 is 0. The highest BCUT2D eigenvalue weighted by molar-refractivity contribution is 6.86. The number of benzene rings is 3. The fourth-order valence-electron chi connectivity index (χ4n) is 3.19. The second kappa shape index (κ2) is 7.29. The Morgan fingerprint density at radius 3 is 1.61 bits per heavy atom. The third-order valence-electron chi connectivity index (χ3n) is 4.46. The van der Waals surface area contributed by atoms with Gasteiger partial charge in [-0.2, -0.15) is 0 Å². The fraction of sp³-hybridized carbons (Fsp3) is 0.143. The van der Waals surface area contributed by atoms with E-state index >= 15 is 0 Å². The fourth-order valence-corrected chi connectivity index (χ4v) is 6.61. The zero-order valence-electron chi connectivity index (χ0n) is 13.6. The Balaban J connectivity index is 2.00.